The first-order chi connectivity index (χ1) is 6.59. The maximum absolute atomic E-state index is 13.1. The molecule has 0 spiro atoms. The lowest BCUT2D eigenvalue weighted by molar-refractivity contribution is -0.456. The van der Waals surface area contributed by atoms with Crippen LogP contribution in [-0.4, -0.2) is 12.2 Å². The molecule has 0 radical (unpaired) electrons. The number of nitrogens with one attached hydrogen (secondary N) is 1. The molecule has 0 saturated carbocycles. The summed E-state index contributed by atoms with van der Waals surface area (Å²) < 4.78 is 13.9. The van der Waals surface area contributed by atoms with Crippen molar-refractivity contribution in [2.75, 3.05) is 0 Å². The predicted octanol–water partition coefficient (Wildman–Crippen LogP) is -0.724. The minimum Gasteiger partial charge on any atom is -0.365 e. The second-order valence-corrected chi connectivity index (χ2v) is 3.39. The maximum atomic E-state index is 13.1. The highest BCUT2D eigenvalue weighted by Gasteiger charge is 2.01. The van der Waals surface area contributed by atoms with Crippen LogP contribution in [0.3, 0.4) is 0 Å². The summed E-state index contributed by atoms with van der Waals surface area (Å²) in [5.41, 5.74) is 10.5. The standard InChI is InChI=1S/C8H8BrFN4/c9-6-1-2-7(10)5(3-6)4-13-14-8(11)12/h1-4H,(H4,11,12,14)/p+1/b13-4-. The van der Waals surface area contributed by atoms with Crippen molar-refractivity contribution in [1.82, 2.24) is 0 Å². The van der Waals surface area contributed by atoms with Crippen LogP contribution in [0.4, 0.5) is 4.39 Å². The summed E-state index contributed by atoms with van der Waals surface area (Å²) in [5.74, 6) is -0.469. The Bertz CT molecular complexity index is 385. The van der Waals surface area contributed by atoms with E-state index in [1.807, 2.05) is 0 Å². The predicted molar refractivity (Wildman–Crippen MR) is 56.0 cm³/mol. The average Bonchev–Trinajstić information content (AvgIpc) is 2.10. The Labute approximate surface area is 88.6 Å². The van der Waals surface area contributed by atoms with Gasteiger partial charge in [-0.3, -0.25) is 0 Å². The van der Waals surface area contributed by atoms with Gasteiger partial charge in [0.15, 0.2) is 0 Å². The fourth-order valence-electron chi connectivity index (χ4n) is 0.802. The Morgan fingerprint density at radius 3 is 2.86 bits per heavy atom. The number of guanidine groups is 1. The second kappa shape index (κ2) is 4.71. The minimum atomic E-state index is -0.355. The van der Waals surface area contributed by atoms with Gasteiger partial charge in [0.2, 0.25) is 6.21 Å². The molecular weight excluding hydrogens is 251 g/mol. The molecule has 1 aromatic carbocycles. The van der Waals surface area contributed by atoms with E-state index >= 15 is 0 Å². The van der Waals surface area contributed by atoms with Crippen molar-refractivity contribution >= 4 is 28.1 Å². The summed E-state index contributed by atoms with van der Waals surface area (Å²) in [6.45, 7) is 0. The molecule has 0 fully saturated rings. The van der Waals surface area contributed by atoms with Gasteiger partial charge in [0, 0.05) is 9.57 Å². The van der Waals surface area contributed by atoms with E-state index in [9.17, 15) is 4.39 Å². The van der Waals surface area contributed by atoms with Gasteiger partial charge < -0.3 is 11.5 Å². The summed E-state index contributed by atoms with van der Waals surface area (Å²) in [5, 5.41) is 5.90. The topological polar surface area (TPSA) is 78.4 Å². The first-order valence-electron chi connectivity index (χ1n) is 3.72. The lowest BCUT2D eigenvalue weighted by atomic mass is 10.2. The van der Waals surface area contributed by atoms with Crippen LogP contribution in [0.2, 0.25) is 0 Å². The van der Waals surface area contributed by atoms with E-state index in [0.717, 1.165) is 4.47 Å². The molecule has 0 amide bonds. The Balaban J connectivity index is 2.91. The van der Waals surface area contributed by atoms with Gasteiger partial charge in [-0.2, -0.15) is 0 Å². The van der Waals surface area contributed by atoms with E-state index < -0.39 is 0 Å². The van der Waals surface area contributed by atoms with Crippen molar-refractivity contribution in [3.8, 4) is 0 Å². The normalized spacial score (nSPS) is 10.4. The fraction of sp³-hybridized carbons (Fsp3) is 0. The van der Waals surface area contributed by atoms with Crippen LogP contribution in [0.1, 0.15) is 5.56 Å². The number of hydrazone groups is 1. The zero-order valence-corrected chi connectivity index (χ0v) is 8.75. The molecule has 0 aromatic heterocycles. The van der Waals surface area contributed by atoms with E-state index in [2.05, 4.69) is 26.1 Å². The van der Waals surface area contributed by atoms with Crippen molar-refractivity contribution in [3.63, 3.8) is 0 Å². The van der Waals surface area contributed by atoms with Crippen molar-refractivity contribution in [1.29, 1.82) is 0 Å². The molecule has 0 saturated heterocycles. The van der Waals surface area contributed by atoms with Crippen LogP contribution >= 0.6 is 15.9 Å². The smallest absolute Gasteiger partial charge is 0.256 e. The molecule has 0 heterocycles. The van der Waals surface area contributed by atoms with Gasteiger partial charge in [-0.05, 0) is 18.2 Å². The SMILES string of the molecule is NC(N)=N/[NH+]=C\c1cc(Br)ccc1F. The van der Waals surface area contributed by atoms with E-state index in [1.165, 1.54) is 12.3 Å². The zero-order chi connectivity index (χ0) is 10.6. The molecule has 74 valence electrons. The summed E-state index contributed by atoms with van der Waals surface area (Å²) in [7, 11) is 0. The molecule has 0 aliphatic rings. The quantitative estimate of drug-likeness (QED) is 0.372. The lowest BCUT2D eigenvalue weighted by Gasteiger charge is -1.92. The van der Waals surface area contributed by atoms with Crippen LogP contribution in [0.15, 0.2) is 27.8 Å². The molecule has 4 nitrogen and oxygen atoms in total. The summed E-state index contributed by atoms with van der Waals surface area (Å²) in [4.78, 5) is 0. The van der Waals surface area contributed by atoms with Crippen molar-refractivity contribution in [3.05, 3.63) is 34.1 Å². The number of halogens is 2. The number of hydrogen-bond donors (Lipinski definition) is 3. The first kappa shape index (κ1) is 10.6. The van der Waals surface area contributed by atoms with Crippen molar-refractivity contribution < 1.29 is 9.49 Å². The third kappa shape index (κ3) is 3.14. The van der Waals surface area contributed by atoms with Crippen LogP contribution in [0.25, 0.3) is 0 Å². The highest BCUT2D eigenvalue weighted by Crippen LogP contribution is 2.12. The molecule has 1 rings (SSSR count). The molecule has 0 atom stereocenters. The minimum absolute atomic E-state index is 0.114. The number of benzene rings is 1. The molecule has 14 heavy (non-hydrogen) atoms. The molecule has 5 N–H and O–H groups in total. The molecule has 0 aliphatic heterocycles. The molecule has 6 heteroatoms. The maximum Gasteiger partial charge on any atom is 0.256 e. The monoisotopic (exact) mass is 259 g/mol. The van der Waals surface area contributed by atoms with Crippen LogP contribution in [0.5, 0.6) is 0 Å². The van der Waals surface area contributed by atoms with E-state index in [-0.39, 0.29) is 11.8 Å². The average molecular weight is 260 g/mol. The summed E-state index contributed by atoms with van der Waals surface area (Å²) >= 11 is 3.22. The highest BCUT2D eigenvalue weighted by molar-refractivity contribution is 9.10. The number of nitrogens with zero attached hydrogens (tertiary/aromatic N) is 1. The third-order valence-electron chi connectivity index (χ3n) is 1.37. The van der Waals surface area contributed by atoms with E-state index in [0.29, 0.717) is 5.56 Å². The van der Waals surface area contributed by atoms with Gasteiger partial charge in [0.1, 0.15) is 5.82 Å². The number of nitrogens with two attached hydrogens (primary N) is 2. The molecular formula is C8H9BrFN4+. The van der Waals surface area contributed by atoms with Gasteiger partial charge in [0.05, 0.1) is 5.56 Å². The van der Waals surface area contributed by atoms with Crippen LogP contribution < -0.4 is 16.6 Å². The largest absolute Gasteiger partial charge is 0.365 e. The molecule has 0 unspecified atom stereocenters. The number of hydrogen-bond acceptors (Lipinski definition) is 1. The third-order valence-corrected chi connectivity index (χ3v) is 1.86. The Morgan fingerprint density at radius 2 is 2.21 bits per heavy atom. The van der Waals surface area contributed by atoms with Gasteiger partial charge in [0.25, 0.3) is 5.96 Å². The van der Waals surface area contributed by atoms with Gasteiger partial charge in [-0.15, -0.1) is 5.10 Å². The Kier molecular flexibility index (Phi) is 3.58. The van der Waals surface area contributed by atoms with Crippen molar-refractivity contribution in [2.24, 2.45) is 16.6 Å². The van der Waals surface area contributed by atoms with Gasteiger partial charge in [-0.1, -0.05) is 15.9 Å². The van der Waals surface area contributed by atoms with Gasteiger partial charge >= 0.3 is 0 Å². The second-order valence-electron chi connectivity index (χ2n) is 2.48. The molecule has 0 aliphatic carbocycles. The van der Waals surface area contributed by atoms with E-state index in [1.54, 1.807) is 12.1 Å². The molecule has 0 bridgehead atoms. The zero-order valence-electron chi connectivity index (χ0n) is 7.17. The summed E-state index contributed by atoms with van der Waals surface area (Å²) in [6, 6.07) is 4.55. The van der Waals surface area contributed by atoms with E-state index in [4.69, 9.17) is 11.5 Å². The Morgan fingerprint density at radius 1 is 1.50 bits per heavy atom. The fourth-order valence-corrected chi connectivity index (χ4v) is 1.18. The first-order valence-corrected chi connectivity index (χ1v) is 4.51. The van der Waals surface area contributed by atoms with Crippen LogP contribution in [-0.2, 0) is 0 Å². The lowest BCUT2D eigenvalue weighted by Crippen LogP contribution is -2.63. The van der Waals surface area contributed by atoms with Crippen LogP contribution in [0, 0.1) is 5.82 Å². The Hall–Kier alpha value is -1.43. The summed E-state index contributed by atoms with van der Waals surface area (Å²) in [6.07, 6.45) is 1.36. The van der Waals surface area contributed by atoms with Crippen molar-refractivity contribution in [2.45, 2.75) is 0 Å². The molecule has 1 aromatic rings. The number of rotatable bonds is 2. The highest BCUT2D eigenvalue weighted by atomic mass is 79.9. The van der Waals surface area contributed by atoms with Gasteiger partial charge in [-0.25, -0.2) is 4.39 Å².